The van der Waals surface area contributed by atoms with E-state index in [1.165, 1.54) is 90.7 Å². The normalized spacial score (nSPS) is 26.2. The molecule has 0 aliphatic heterocycles. The van der Waals surface area contributed by atoms with Gasteiger partial charge in [-0.1, -0.05) is 184 Å². The van der Waals surface area contributed by atoms with E-state index in [0.29, 0.717) is 23.9 Å². The summed E-state index contributed by atoms with van der Waals surface area (Å²) in [6.07, 6.45) is 5.69. The number of hydrogen-bond acceptors (Lipinski definition) is 17. The van der Waals surface area contributed by atoms with Gasteiger partial charge >= 0.3 is 37.7 Å². The van der Waals surface area contributed by atoms with Crippen molar-refractivity contribution in [1.82, 2.24) is 5.32 Å². The molecular weight excluding hydrogens is 1220 g/mol. The lowest BCUT2D eigenvalue weighted by Gasteiger charge is -2.68. The predicted molar refractivity (Wildman–Crippen MR) is 352 cm³/mol. The number of likely N-dealkylation sites (N-methyl/N-ethyl adjacent to an activating group) is 1. The van der Waals surface area contributed by atoms with Crippen LogP contribution in [0.4, 0.5) is 0 Å². The number of unbranched alkanes of at least 4 members (excludes halogenated alkanes) is 14. The van der Waals surface area contributed by atoms with Gasteiger partial charge in [0.25, 0.3) is 5.91 Å². The number of carbonyl (C=O) groups is 7. The Morgan fingerprint density at radius 2 is 1.28 bits per heavy atom. The van der Waals surface area contributed by atoms with E-state index in [1.54, 1.807) is 92.7 Å². The van der Waals surface area contributed by atoms with Gasteiger partial charge in [-0.15, -0.1) is 0 Å². The molecule has 20 nitrogen and oxygen atoms in total. The fourth-order valence-electron chi connectivity index (χ4n) is 14.8. The van der Waals surface area contributed by atoms with Crippen LogP contribution in [0, 0.1) is 22.7 Å². The molecule has 4 aliphatic carbocycles. The third-order valence-corrected chi connectivity index (χ3v) is 21.2. The number of ketones is 1. The van der Waals surface area contributed by atoms with E-state index in [4.69, 9.17) is 32.7 Å². The summed E-state index contributed by atoms with van der Waals surface area (Å²) >= 11 is 0. The summed E-state index contributed by atoms with van der Waals surface area (Å²) in [5, 5.41) is 29.6. The van der Waals surface area contributed by atoms with E-state index >= 15 is 9.59 Å². The number of phosphoric acid groups is 1. The molecule has 13 atom stereocenters. The highest BCUT2D eigenvalue weighted by molar-refractivity contribution is 7.47. The Kier molecular flexibility index (Phi) is 26.6. The van der Waals surface area contributed by atoms with Crippen LogP contribution in [0.1, 0.15) is 216 Å². The Morgan fingerprint density at radius 1 is 0.734 bits per heavy atom. The van der Waals surface area contributed by atoms with Crippen molar-refractivity contribution in [2.45, 2.75) is 237 Å². The number of esters is 5. The van der Waals surface area contributed by atoms with Crippen molar-refractivity contribution in [1.29, 1.82) is 0 Å². The molecule has 0 spiro atoms. The summed E-state index contributed by atoms with van der Waals surface area (Å²) in [5.41, 5.74) is -7.39. The first kappa shape index (κ1) is 75.3. The fraction of sp³-hybridized carbons (Fsp3) is 0.630. The van der Waals surface area contributed by atoms with Crippen molar-refractivity contribution in [3.05, 3.63) is 119 Å². The SMILES string of the molecule is CCCCCCCCCCCCCCCCCC(CC(=O)O[C@@H](C(=O)O[C@H]1C[C@@]2(O)C(OC(=O)c3ccccc3)C3[C@](C)(C(=O)[C@H](OC(C)=O)C(=C1C)C2(C)C)[C@@H](O)C[C@H]1CC[C@@]31OC(C)=O)[C@@H](NC(=O)c1ccccc1)c1ccccc1)OP(=O)(O)OCC[N+](C)(C)C. The number of phosphoric ester groups is 1. The third-order valence-electron chi connectivity index (χ3n) is 20.1. The second kappa shape index (κ2) is 33.2. The minimum atomic E-state index is -4.82. The van der Waals surface area contributed by atoms with E-state index in [1.807, 2.05) is 21.1 Å². The van der Waals surface area contributed by atoms with Crippen molar-refractivity contribution < 1.29 is 90.4 Å². The maximum absolute atomic E-state index is 16.0. The maximum Gasteiger partial charge on any atom is 0.472 e. The summed E-state index contributed by atoms with van der Waals surface area (Å²) < 4.78 is 57.2. The first-order valence-electron chi connectivity index (χ1n) is 34.0. The zero-order chi connectivity index (χ0) is 68.7. The molecule has 3 saturated carbocycles. The van der Waals surface area contributed by atoms with Crippen molar-refractivity contribution in [2.75, 3.05) is 34.3 Å². The molecule has 518 valence electrons. The van der Waals surface area contributed by atoms with Crippen molar-refractivity contribution in [3.8, 4) is 0 Å². The molecule has 94 heavy (non-hydrogen) atoms. The number of nitrogens with zero attached hydrogens (tertiary/aromatic N) is 1. The number of ether oxygens (including phenoxy) is 5. The highest BCUT2D eigenvalue weighted by Crippen LogP contribution is 2.67. The smallest absolute Gasteiger partial charge is 0.458 e. The standard InChI is InChI=1S/C73H103N2O18P/c1-11-12-13-14-15-16-17-18-19-20-21-22-23-24-34-41-56(93-94(85,86)87-45-44-75(8,9)10)47-59(79)90-63(61(52-35-28-25-29-36-52)74-67(81)53-37-30-26-31-38-53)69(83)89-57-48-73(84)66(91-68(82)54-39-32-27-33-40-54)64-71(7,58(78)46-55-42-43-72(55,64)92-51(4)77)65(80)62(88-50(3)76)60(49(57)2)70(73,5)6/h25-33,35-40,55-58,61-64,66,78,84H,11-24,34,41-48H2,1-10H3,(H-,74,81,85,86)/p+1/t55-,56?,57+,58+,61+,62-,63-,64?,66?,71-,72+,73-/m1/s1. The van der Waals surface area contributed by atoms with Gasteiger partial charge in [0.05, 0.1) is 56.7 Å². The van der Waals surface area contributed by atoms with E-state index in [9.17, 15) is 43.6 Å². The fourth-order valence-corrected chi connectivity index (χ4v) is 15.7. The number of quaternary nitrogens is 1. The predicted octanol–water partition coefficient (Wildman–Crippen LogP) is 12.2. The van der Waals surface area contributed by atoms with E-state index in [2.05, 4.69) is 12.2 Å². The minimum absolute atomic E-state index is 0.0436. The van der Waals surface area contributed by atoms with Crippen LogP contribution in [0.5, 0.6) is 0 Å². The monoisotopic (exact) mass is 1330 g/mol. The van der Waals surface area contributed by atoms with Gasteiger partial charge in [-0.3, -0.25) is 33.0 Å². The number of carbonyl (C=O) groups excluding carboxylic acids is 7. The van der Waals surface area contributed by atoms with Crippen LogP contribution in [-0.4, -0.2) is 143 Å². The third kappa shape index (κ3) is 18.5. The Morgan fingerprint density at radius 3 is 1.80 bits per heavy atom. The molecule has 3 fully saturated rings. The van der Waals surface area contributed by atoms with Crippen LogP contribution in [-0.2, 0) is 61.3 Å². The van der Waals surface area contributed by atoms with E-state index < -0.39 is 139 Å². The van der Waals surface area contributed by atoms with Crippen LogP contribution in [0.2, 0.25) is 0 Å². The lowest BCUT2D eigenvalue weighted by atomic mass is 9.41. The quantitative estimate of drug-likeness (QED) is 0.0106. The Hall–Kier alpha value is -6.12. The Balaban J connectivity index is 1.27. The topological polar surface area (TPSA) is 274 Å². The Bertz CT molecular complexity index is 3140. The van der Waals surface area contributed by atoms with E-state index in [0.717, 1.165) is 39.0 Å². The number of fused-ring (bicyclic) bond motifs is 5. The number of benzene rings is 3. The average Bonchev–Trinajstić information content (AvgIpc) is 0.670. The van der Waals surface area contributed by atoms with Gasteiger partial charge in [-0.05, 0) is 80.5 Å². The number of rotatable bonds is 35. The minimum Gasteiger partial charge on any atom is -0.458 e. The van der Waals surface area contributed by atoms with Crippen molar-refractivity contribution in [2.24, 2.45) is 22.7 Å². The van der Waals surface area contributed by atoms with Gasteiger partial charge in [0.1, 0.15) is 42.6 Å². The zero-order valence-corrected chi connectivity index (χ0v) is 57.9. The maximum atomic E-state index is 16.0. The van der Waals surface area contributed by atoms with Crippen LogP contribution in [0.25, 0.3) is 0 Å². The second-order valence-electron chi connectivity index (χ2n) is 28.2. The molecule has 4 N–H and O–H groups in total. The van der Waals surface area contributed by atoms with Gasteiger partial charge < -0.3 is 48.6 Å². The number of aliphatic hydroxyl groups is 2. The summed E-state index contributed by atoms with van der Waals surface area (Å²) in [6, 6.07) is 22.7. The summed E-state index contributed by atoms with van der Waals surface area (Å²) in [6.45, 7) is 10.8. The molecule has 0 radical (unpaired) electrons. The highest BCUT2D eigenvalue weighted by Gasteiger charge is 2.77. The number of hydrogen-bond donors (Lipinski definition) is 4. The number of amides is 1. The lowest BCUT2D eigenvalue weighted by molar-refractivity contribution is -0.870. The van der Waals surface area contributed by atoms with E-state index in [-0.39, 0.29) is 53.7 Å². The molecule has 0 heterocycles. The molecule has 3 aromatic rings. The average molecular weight is 1330 g/mol. The number of nitrogens with one attached hydrogen (secondary N) is 1. The van der Waals surface area contributed by atoms with Crippen LogP contribution < -0.4 is 5.32 Å². The second-order valence-corrected chi connectivity index (χ2v) is 29.6. The van der Waals surface area contributed by atoms with Gasteiger partial charge in [0, 0.05) is 37.2 Å². The van der Waals surface area contributed by atoms with Crippen LogP contribution >= 0.6 is 7.82 Å². The van der Waals surface area contributed by atoms with Crippen LogP contribution in [0.15, 0.2) is 102 Å². The van der Waals surface area contributed by atoms with Gasteiger partial charge in [-0.25, -0.2) is 14.2 Å². The van der Waals surface area contributed by atoms with Gasteiger partial charge in [0.15, 0.2) is 11.9 Å². The molecule has 21 heteroatoms. The molecule has 3 aromatic carbocycles. The molecule has 1 amide bonds. The van der Waals surface area contributed by atoms with Crippen molar-refractivity contribution in [3.63, 3.8) is 0 Å². The number of Topliss-reactive ketones (excluding diaryl/α,β-unsaturated/α-hetero) is 1. The summed E-state index contributed by atoms with van der Waals surface area (Å²) in [4.78, 5) is 114. The molecule has 7 rings (SSSR count). The van der Waals surface area contributed by atoms with Crippen LogP contribution in [0.3, 0.4) is 0 Å². The molecule has 2 bridgehead atoms. The molecule has 4 aliphatic rings. The highest BCUT2D eigenvalue weighted by atomic mass is 31.2. The van der Waals surface area contributed by atoms with Gasteiger partial charge in [0.2, 0.25) is 6.10 Å². The molecular formula is C73H104N2O18P+. The molecule has 0 aromatic heterocycles. The largest absolute Gasteiger partial charge is 0.472 e. The molecule has 0 saturated heterocycles. The zero-order valence-electron chi connectivity index (χ0n) is 57.0. The summed E-state index contributed by atoms with van der Waals surface area (Å²) in [5.74, 6) is -8.66. The first-order valence-corrected chi connectivity index (χ1v) is 35.5. The number of aliphatic hydroxyl groups excluding tert-OH is 1. The summed E-state index contributed by atoms with van der Waals surface area (Å²) in [7, 11) is 0.850. The van der Waals surface area contributed by atoms with Gasteiger partial charge in [-0.2, -0.15) is 0 Å². The van der Waals surface area contributed by atoms with Crippen molar-refractivity contribution >= 4 is 49.4 Å². The lowest BCUT2D eigenvalue weighted by Crippen LogP contribution is -2.78. The molecule has 4 unspecified atom stereocenters. The Labute approximate surface area is 555 Å². The first-order chi connectivity index (χ1) is 44.5.